The van der Waals surface area contributed by atoms with Gasteiger partial charge in [0, 0.05) is 0 Å². The van der Waals surface area contributed by atoms with Crippen molar-refractivity contribution in [2.45, 2.75) is 0 Å². The van der Waals surface area contributed by atoms with Crippen LogP contribution >= 0.6 is 0 Å². The van der Waals surface area contributed by atoms with Gasteiger partial charge in [0.2, 0.25) is 0 Å². The highest BCUT2D eigenvalue weighted by molar-refractivity contribution is 6.34. The summed E-state index contributed by atoms with van der Waals surface area (Å²) in [5, 5.41) is 8.32. The molecule has 8 heteroatoms. The van der Waals surface area contributed by atoms with Crippen molar-refractivity contribution in [3.8, 4) is 0 Å². The summed E-state index contributed by atoms with van der Waals surface area (Å²) in [7, 11) is -1.51. The van der Waals surface area contributed by atoms with Crippen LogP contribution in [0, 0.1) is 0 Å². The highest BCUT2D eigenvalue weighted by Crippen LogP contribution is 1.70. The molecule has 8 heavy (non-hydrogen) atoms. The predicted octanol–water partition coefficient (Wildman–Crippen LogP) is -3.25. The Kier molecular flexibility index (Phi) is 4.80. The molecule has 0 amide bonds. The molecule has 0 fully saturated rings. The van der Waals surface area contributed by atoms with Crippen LogP contribution in [0.1, 0.15) is 0 Å². The summed E-state index contributed by atoms with van der Waals surface area (Å²) in [5.41, 5.74) is 3.36. The maximum Gasteiger partial charge on any atom is 0.673 e. The summed E-state index contributed by atoms with van der Waals surface area (Å²) >= 11 is 0. The molecule has 0 spiro atoms. The second kappa shape index (κ2) is 4.93. The Labute approximate surface area is 46.0 Å². The van der Waals surface area contributed by atoms with Gasteiger partial charge in [-0.3, -0.25) is 9.51 Å². The quantitative estimate of drug-likeness (QED) is 0.151. The van der Waals surface area contributed by atoms with Crippen LogP contribution in [0.15, 0.2) is 0 Å². The van der Waals surface area contributed by atoms with Gasteiger partial charge in [-0.2, -0.15) is 11.2 Å². The van der Waals surface area contributed by atoms with E-state index in [9.17, 15) is 0 Å². The first-order chi connectivity index (χ1) is 3.81. The third-order valence-electron chi connectivity index (χ3n) is 0.338. The molecule has 0 heterocycles. The zero-order chi connectivity index (χ0) is 6.41. The number of nitrogens with two attached hydrogens (primary N) is 2. The van der Waals surface area contributed by atoms with E-state index >= 15 is 0 Å². The molecule has 0 radical (unpaired) electrons. The zero-order valence-electron chi connectivity index (χ0n) is 4.00. The van der Waals surface area contributed by atoms with Crippen LogP contribution in [-0.4, -0.2) is 12.3 Å². The number of rotatable bonds is 4. The second-order valence-electron chi connectivity index (χ2n) is 0.778. The van der Waals surface area contributed by atoms with Crippen LogP contribution in [0.3, 0.4) is 0 Å². The highest BCUT2D eigenvalue weighted by atomic mass is 16.8. The Morgan fingerprint density at radius 3 is 1.88 bits per heavy atom. The summed E-state index contributed by atoms with van der Waals surface area (Å²) < 4.78 is 8.00. The van der Waals surface area contributed by atoms with Crippen LogP contribution < -0.4 is 22.9 Å². The zero-order valence-corrected chi connectivity index (χ0v) is 4.00. The monoisotopic (exact) mass is 122 g/mol. The van der Waals surface area contributed by atoms with Crippen LogP contribution in [-0.2, 0) is 9.51 Å². The summed E-state index contributed by atoms with van der Waals surface area (Å²) in [6, 6.07) is 0. The first-order valence-corrected chi connectivity index (χ1v) is 1.72. The normalized spacial score (nSPS) is 9.38. The molecule has 0 aliphatic heterocycles. The van der Waals surface area contributed by atoms with E-state index in [1.54, 1.807) is 11.2 Å². The van der Waals surface area contributed by atoms with E-state index in [-0.39, 0.29) is 0 Å². The van der Waals surface area contributed by atoms with Gasteiger partial charge in [0.05, 0.1) is 0 Å². The molecule has 7 N–H and O–H groups in total. The van der Waals surface area contributed by atoms with E-state index in [1.165, 1.54) is 0 Å². The summed E-state index contributed by atoms with van der Waals surface area (Å²) in [6.45, 7) is 0. The van der Waals surface area contributed by atoms with Crippen molar-refractivity contribution in [2.75, 3.05) is 0 Å². The molecule has 0 saturated carbocycles. The van der Waals surface area contributed by atoms with E-state index in [0.717, 1.165) is 0 Å². The van der Waals surface area contributed by atoms with Gasteiger partial charge in [-0.25, -0.2) is 11.7 Å². The summed E-state index contributed by atoms with van der Waals surface area (Å²) in [4.78, 5) is 0. The number of nitrogens with one attached hydrogen (secondary N) is 2. The Balaban J connectivity index is 2.92. The van der Waals surface area contributed by atoms with E-state index < -0.39 is 7.32 Å². The number of hydrogen-bond donors (Lipinski definition) is 5. The standard InChI is InChI=1S/BH7N4O3/c2-4-7-1(6)8-5-3/h4-6H,2-3H2. The Morgan fingerprint density at radius 2 is 1.62 bits per heavy atom. The van der Waals surface area contributed by atoms with Gasteiger partial charge in [0.1, 0.15) is 0 Å². The molecule has 0 aromatic carbocycles. The maximum atomic E-state index is 8.32. The molecule has 48 valence electrons. The van der Waals surface area contributed by atoms with E-state index in [0.29, 0.717) is 0 Å². The molecule has 0 aromatic rings. The first-order valence-electron chi connectivity index (χ1n) is 1.72. The molecule has 0 bridgehead atoms. The van der Waals surface area contributed by atoms with Crippen molar-refractivity contribution in [1.29, 1.82) is 0 Å². The summed E-state index contributed by atoms with van der Waals surface area (Å²) in [5.74, 6) is 9.16. The lowest BCUT2D eigenvalue weighted by atomic mass is 10.3. The molecular weight excluding hydrogens is 115 g/mol. The van der Waals surface area contributed by atoms with Crippen molar-refractivity contribution >= 4 is 7.32 Å². The molecule has 0 atom stereocenters. The maximum absolute atomic E-state index is 8.32. The number of hydrazine groups is 2. The third kappa shape index (κ3) is 3.96. The molecule has 0 aromatic heterocycles. The van der Waals surface area contributed by atoms with Crippen LogP contribution in [0.5, 0.6) is 0 Å². The van der Waals surface area contributed by atoms with Crippen molar-refractivity contribution in [1.82, 2.24) is 11.2 Å². The Bertz CT molecular complexity index is 44.5. The van der Waals surface area contributed by atoms with E-state index in [1.807, 2.05) is 0 Å². The lowest BCUT2D eigenvalue weighted by Gasteiger charge is -2.02. The van der Waals surface area contributed by atoms with Crippen molar-refractivity contribution in [3.63, 3.8) is 0 Å². The minimum atomic E-state index is -1.51. The van der Waals surface area contributed by atoms with Gasteiger partial charge in [-0.05, 0) is 0 Å². The minimum absolute atomic E-state index is 1.51. The second-order valence-corrected chi connectivity index (χ2v) is 0.778. The third-order valence-corrected chi connectivity index (χ3v) is 0.338. The SMILES string of the molecule is NNOB(O)ONN. The van der Waals surface area contributed by atoms with Crippen molar-refractivity contribution < 1.29 is 14.5 Å². The molecule has 7 nitrogen and oxygen atoms in total. The average molecular weight is 122 g/mol. The van der Waals surface area contributed by atoms with Gasteiger partial charge in [-0.1, -0.05) is 0 Å². The number of hydrogen-bond acceptors (Lipinski definition) is 7. The Morgan fingerprint density at radius 1 is 1.25 bits per heavy atom. The van der Waals surface area contributed by atoms with Gasteiger partial charge in [0.15, 0.2) is 0 Å². The van der Waals surface area contributed by atoms with Crippen molar-refractivity contribution in [3.05, 3.63) is 0 Å². The van der Waals surface area contributed by atoms with Gasteiger partial charge >= 0.3 is 7.32 Å². The van der Waals surface area contributed by atoms with Gasteiger partial charge in [0.25, 0.3) is 0 Å². The fourth-order valence-corrected chi connectivity index (χ4v) is 0.140. The fourth-order valence-electron chi connectivity index (χ4n) is 0.140. The average Bonchev–Trinajstić information content (AvgIpc) is 1.68. The lowest BCUT2D eigenvalue weighted by molar-refractivity contribution is 0.0413. The molecule has 0 rings (SSSR count). The van der Waals surface area contributed by atoms with E-state index in [4.69, 9.17) is 5.02 Å². The smallest absolute Gasteiger partial charge is 0.400 e. The molecule has 0 unspecified atom stereocenters. The van der Waals surface area contributed by atoms with Gasteiger partial charge < -0.3 is 5.02 Å². The van der Waals surface area contributed by atoms with Crippen LogP contribution in [0.25, 0.3) is 0 Å². The van der Waals surface area contributed by atoms with Crippen LogP contribution in [0.2, 0.25) is 0 Å². The molecular formula is H7BN4O3. The van der Waals surface area contributed by atoms with Gasteiger partial charge in [-0.15, -0.1) is 0 Å². The molecule has 0 aliphatic carbocycles. The fraction of sp³-hybridized carbons (Fsp3) is 0. The van der Waals surface area contributed by atoms with Crippen molar-refractivity contribution in [2.24, 2.45) is 11.7 Å². The van der Waals surface area contributed by atoms with Crippen LogP contribution in [0.4, 0.5) is 0 Å². The molecule has 0 saturated heterocycles. The largest absolute Gasteiger partial charge is 0.673 e. The minimum Gasteiger partial charge on any atom is -0.400 e. The van der Waals surface area contributed by atoms with E-state index in [2.05, 4.69) is 21.2 Å². The predicted molar refractivity (Wildman–Crippen MR) is 24.8 cm³/mol. The first kappa shape index (κ1) is 7.78. The topological polar surface area (TPSA) is 115 Å². The summed E-state index contributed by atoms with van der Waals surface area (Å²) in [6.07, 6.45) is 0. The Hall–Kier alpha value is -0.215. The lowest BCUT2D eigenvalue weighted by Crippen LogP contribution is -2.40. The molecule has 0 aliphatic rings. The highest BCUT2D eigenvalue weighted by Gasteiger charge is 2.13.